The molecule has 0 bridgehead atoms. The van der Waals surface area contributed by atoms with Gasteiger partial charge in [0.05, 0.1) is 60.8 Å². The van der Waals surface area contributed by atoms with E-state index in [2.05, 4.69) is 114 Å². The number of anilines is 4. The third-order valence-electron chi connectivity index (χ3n) is 23.7. The van der Waals surface area contributed by atoms with E-state index < -0.39 is 0 Å². The van der Waals surface area contributed by atoms with Crippen molar-refractivity contribution in [2.24, 2.45) is 0 Å². The number of likely N-dealkylation sites (N-methyl/N-ethyl adjacent to an activating group) is 3. The van der Waals surface area contributed by atoms with E-state index in [-0.39, 0.29) is 47.8 Å². The molecule has 6 aliphatic rings. The summed E-state index contributed by atoms with van der Waals surface area (Å²) in [4.78, 5) is 88.5. The minimum atomic E-state index is -0.249. The number of methoxy groups -OCH3 is 6. The van der Waals surface area contributed by atoms with E-state index in [1.807, 2.05) is 125 Å². The Balaban J connectivity index is 0.000000170. The predicted molar refractivity (Wildman–Crippen MR) is 456 cm³/mol. The van der Waals surface area contributed by atoms with Crippen LogP contribution in [0, 0.1) is 0 Å². The van der Waals surface area contributed by atoms with E-state index in [4.69, 9.17) is 28.4 Å². The maximum atomic E-state index is 13.9. The van der Waals surface area contributed by atoms with Crippen LogP contribution in [0.5, 0.6) is 34.5 Å². The molecule has 0 spiro atoms. The Morgan fingerprint density at radius 3 is 1.03 bits per heavy atom. The monoisotopic (exact) mass is 1570 g/mol. The predicted octanol–water partition coefficient (Wildman–Crippen LogP) is 13.3. The van der Waals surface area contributed by atoms with Gasteiger partial charge in [-0.25, -0.2) is 4.79 Å². The summed E-state index contributed by atoms with van der Waals surface area (Å²) in [6, 6.07) is 45.0. The first-order valence-electron chi connectivity index (χ1n) is 41.5. The van der Waals surface area contributed by atoms with Crippen LogP contribution in [0.15, 0.2) is 140 Å². The fourth-order valence-electron chi connectivity index (χ4n) is 17.1. The van der Waals surface area contributed by atoms with Gasteiger partial charge in [0.15, 0.2) is 34.5 Å². The molecule has 24 heteroatoms. The van der Waals surface area contributed by atoms with Crippen molar-refractivity contribution in [1.29, 1.82) is 0 Å². The van der Waals surface area contributed by atoms with Crippen LogP contribution in [-0.4, -0.2) is 238 Å². The van der Waals surface area contributed by atoms with Gasteiger partial charge in [0.2, 0.25) is 5.91 Å². The number of fused-ring (bicyclic) bond motifs is 3. The number of urea groups is 1. The number of ether oxygens (including phenoxy) is 6. The summed E-state index contributed by atoms with van der Waals surface area (Å²) in [6.45, 7) is 33.8. The van der Waals surface area contributed by atoms with Gasteiger partial charge < -0.3 is 93.4 Å². The van der Waals surface area contributed by atoms with Crippen molar-refractivity contribution >= 4 is 52.4 Å². The molecule has 0 radical (unpaired) electrons. The normalized spacial score (nSPS) is 16.4. The molecular formula is C91H123N13O11. The van der Waals surface area contributed by atoms with Crippen molar-refractivity contribution in [2.45, 2.75) is 118 Å². The van der Waals surface area contributed by atoms with Gasteiger partial charge in [0, 0.05) is 174 Å². The first-order chi connectivity index (χ1) is 56.0. The summed E-state index contributed by atoms with van der Waals surface area (Å²) in [5, 5.41) is 8.68. The standard InChI is InChI=1S/C33H41N5O4.C30H44N4O3.C28H38N4O4/c1-4-36-18-20-37(21-19-36)29-13-8-12-26-27(29)23-38(32(26)39)28(24-15-16-30(41-2)31(22-24)42-3)14-9-17-34-33(40)35-25-10-6-5-7-11-25;1-6-31(7-2)16-10-13-26(23-14-15-28(36-4)29(21-23)37-5)34-22-25-24(30(34)35)11-9-12-27(25)33-19-17-32(8-3)18-20-33;1-5-30-14-16-31(17-15-30)25-9-6-8-22-23(25)19-32(28(22)34)24(10-7-13-29-20(2)33)21-11-12-26(35-3)27(18-21)36-4/h5-8,10-13,15-16,22,28H,4,9,14,17-21,23H2,1-3H3,(H2,34,35,40);9,11-12,14-15,21,26H,6-8,10,13,16-20,22H2,1-5H3;6,8-9,11-12,18,24H,5,7,10,13-17,19H2,1-4H3,(H,29,33)/t28-;26-;24-/m111/s1. The van der Waals surface area contributed by atoms with Crippen LogP contribution in [-0.2, 0) is 24.4 Å². The highest BCUT2D eigenvalue weighted by Gasteiger charge is 2.40. The quantitative estimate of drug-likeness (QED) is 0.0327. The van der Waals surface area contributed by atoms with E-state index in [0.717, 1.165) is 199 Å². The van der Waals surface area contributed by atoms with Gasteiger partial charge in [-0.1, -0.05) is 89.2 Å². The second-order valence-corrected chi connectivity index (χ2v) is 30.0. The van der Waals surface area contributed by atoms with Gasteiger partial charge in [-0.05, 0) is 179 Å². The fourth-order valence-corrected chi connectivity index (χ4v) is 17.1. The zero-order valence-electron chi connectivity index (χ0n) is 70.0. The topological polar surface area (TPSA) is 209 Å². The Bertz CT molecular complexity index is 4370. The third kappa shape index (κ3) is 20.9. The van der Waals surface area contributed by atoms with Gasteiger partial charge in [0.25, 0.3) is 17.7 Å². The zero-order chi connectivity index (χ0) is 81.5. The lowest BCUT2D eigenvalue weighted by atomic mass is 9.99. The number of amides is 6. The van der Waals surface area contributed by atoms with Crippen molar-refractivity contribution in [1.82, 2.24) is 44.9 Å². The Hall–Kier alpha value is -10.3. The molecule has 13 rings (SSSR count). The highest BCUT2D eigenvalue weighted by atomic mass is 16.5. The molecule has 0 saturated carbocycles. The molecule has 3 fully saturated rings. The molecule has 0 aromatic heterocycles. The SMILES string of the molecule is CCN(CC)CCC[C@H](c1ccc(OC)c(OC)c1)N1Cc2c(cccc2N2CCN(CC)CC2)C1=O.CCN1CCN(c2cccc3c2CN([C@H](CCCNC(=O)Nc2ccccc2)c2ccc(OC)c(OC)c2)C3=O)CC1.CCN1CCN(c2cccc3c2CN([C@H](CCCNC(C)=O)c2ccc(OC)c(OC)c2)C3=O)CC1. The van der Waals surface area contributed by atoms with E-state index in [1.54, 1.807) is 42.7 Å². The maximum absolute atomic E-state index is 13.9. The number of nitrogens with one attached hydrogen (secondary N) is 3. The second-order valence-electron chi connectivity index (χ2n) is 30.0. The summed E-state index contributed by atoms with van der Waals surface area (Å²) < 4.78 is 33.2. The molecule has 24 nitrogen and oxygen atoms in total. The molecule has 7 aromatic rings. The third-order valence-corrected chi connectivity index (χ3v) is 23.7. The van der Waals surface area contributed by atoms with Crippen molar-refractivity contribution < 1.29 is 52.4 Å². The van der Waals surface area contributed by atoms with Crippen molar-refractivity contribution in [3.63, 3.8) is 0 Å². The molecule has 0 aliphatic carbocycles. The lowest BCUT2D eigenvalue weighted by Crippen LogP contribution is -2.46. The minimum Gasteiger partial charge on any atom is -0.493 e. The molecule has 3 saturated heterocycles. The second kappa shape index (κ2) is 41.9. The molecule has 6 amide bonds. The smallest absolute Gasteiger partial charge is 0.319 e. The molecule has 7 aromatic carbocycles. The Morgan fingerprint density at radius 2 is 0.722 bits per heavy atom. The molecule has 115 heavy (non-hydrogen) atoms. The van der Waals surface area contributed by atoms with Crippen LogP contribution < -0.4 is 59.1 Å². The number of carbonyl (C=O) groups is 5. The van der Waals surface area contributed by atoms with Crippen LogP contribution in [0.1, 0.15) is 163 Å². The highest BCUT2D eigenvalue weighted by Crippen LogP contribution is 2.45. The summed E-state index contributed by atoms with van der Waals surface area (Å²) in [6.07, 6.45) is 4.76. The molecule has 0 unspecified atom stereocenters. The van der Waals surface area contributed by atoms with E-state index in [0.29, 0.717) is 80.1 Å². The molecule has 6 heterocycles. The fraction of sp³-hybridized carbons (Fsp3) is 0.484. The average Bonchev–Trinajstić information content (AvgIpc) is 1.63. The lowest BCUT2D eigenvalue weighted by Gasteiger charge is -2.36. The molecular weight excluding hydrogens is 1450 g/mol. The Labute approximate surface area is 681 Å². The summed E-state index contributed by atoms with van der Waals surface area (Å²) in [7, 11) is 9.79. The summed E-state index contributed by atoms with van der Waals surface area (Å²) >= 11 is 0. The summed E-state index contributed by atoms with van der Waals surface area (Å²) in [5.74, 6) is 4.14. The van der Waals surface area contributed by atoms with Gasteiger partial charge in [-0.2, -0.15) is 0 Å². The van der Waals surface area contributed by atoms with Crippen LogP contribution in [0.25, 0.3) is 0 Å². The number of carbonyl (C=O) groups excluding carboxylic acids is 5. The van der Waals surface area contributed by atoms with Gasteiger partial charge in [-0.3, -0.25) is 19.2 Å². The molecule has 3 atom stereocenters. The summed E-state index contributed by atoms with van der Waals surface area (Å²) in [5.41, 5.74) is 13.1. The highest BCUT2D eigenvalue weighted by molar-refractivity contribution is 6.02. The first-order valence-corrected chi connectivity index (χ1v) is 41.5. The number of benzene rings is 7. The van der Waals surface area contributed by atoms with Crippen LogP contribution in [0.4, 0.5) is 27.5 Å². The van der Waals surface area contributed by atoms with Gasteiger partial charge in [-0.15, -0.1) is 0 Å². The van der Waals surface area contributed by atoms with Crippen LogP contribution in [0.2, 0.25) is 0 Å². The van der Waals surface area contributed by atoms with Crippen LogP contribution in [0.3, 0.4) is 0 Å². The van der Waals surface area contributed by atoms with Crippen LogP contribution >= 0.6 is 0 Å². The molecule has 618 valence electrons. The number of hydrogen-bond donors (Lipinski definition) is 3. The van der Waals surface area contributed by atoms with Crippen molar-refractivity contribution in [3.8, 4) is 34.5 Å². The molecule has 3 N–H and O–H groups in total. The van der Waals surface area contributed by atoms with E-state index in [1.165, 1.54) is 23.9 Å². The molecule has 6 aliphatic heterocycles. The van der Waals surface area contributed by atoms with Crippen molar-refractivity contribution in [3.05, 3.63) is 190 Å². The zero-order valence-corrected chi connectivity index (χ0v) is 70.0. The van der Waals surface area contributed by atoms with Gasteiger partial charge in [0.1, 0.15) is 0 Å². The van der Waals surface area contributed by atoms with Gasteiger partial charge >= 0.3 is 6.03 Å². The van der Waals surface area contributed by atoms with Crippen molar-refractivity contribution in [2.75, 3.05) is 194 Å². The lowest BCUT2D eigenvalue weighted by molar-refractivity contribution is -0.119. The number of nitrogens with zero attached hydrogens (tertiary/aromatic N) is 10. The Morgan fingerprint density at radius 1 is 0.391 bits per heavy atom. The number of hydrogen-bond acceptors (Lipinski definition) is 18. The number of para-hydroxylation sites is 1. The maximum Gasteiger partial charge on any atom is 0.319 e. The van der Waals surface area contributed by atoms with E-state index >= 15 is 0 Å². The number of piperazine rings is 3. The average molecular weight is 1580 g/mol. The largest absolute Gasteiger partial charge is 0.493 e. The van der Waals surface area contributed by atoms with E-state index in [9.17, 15) is 24.0 Å². The minimum absolute atomic E-state index is 0.0277. The number of rotatable bonds is 33. The Kier molecular flexibility index (Phi) is 31.2. The first kappa shape index (κ1) is 85.6.